The third kappa shape index (κ3) is 5.83. The minimum atomic E-state index is 0. The molecule has 118 valence electrons. The summed E-state index contributed by atoms with van der Waals surface area (Å²) in [5, 5.41) is 3.48. The third-order valence-corrected chi connectivity index (χ3v) is 4.01. The summed E-state index contributed by atoms with van der Waals surface area (Å²) in [6, 6.07) is 7.60. The first-order chi connectivity index (χ1) is 9.60. The molecule has 1 amide bonds. The van der Waals surface area contributed by atoms with Crippen molar-refractivity contribution in [3.8, 4) is 0 Å². The normalized spacial score (nSPS) is 15.4. The average molecular weight is 332 g/mol. The quantitative estimate of drug-likeness (QED) is 0.807. The van der Waals surface area contributed by atoms with Crippen molar-refractivity contribution in [2.75, 3.05) is 25.5 Å². The Morgan fingerprint density at radius 2 is 2.24 bits per heavy atom. The van der Waals surface area contributed by atoms with Crippen molar-refractivity contribution in [1.82, 2.24) is 4.90 Å². The Labute approximate surface area is 137 Å². The third-order valence-electron chi connectivity index (χ3n) is 3.77. The number of likely N-dealkylation sites (N-methyl/N-ethyl adjacent to an activating group) is 1. The number of benzene rings is 1. The van der Waals surface area contributed by atoms with Gasteiger partial charge < -0.3 is 16.0 Å². The van der Waals surface area contributed by atoms with Gasteiger partial charge >= 0.3 is 0 Å². The molecule has 1 aliphatic rings. The van der Waals surface area contributed by atoms with Crippen LogP contribution in [0, 0.1) is 5.92 Å². The Balaban J connectivity index is 0.00000220. The molecule has 0 aliphatic heterocycles. The highest BCUT2D eigenvalue weighted by atomic mass is 35.5. The zero-order chi connectivity index (χ0) is 14.5. The van der Waals surface area contributed by atoms with E-state index in [9.17, 15) is 4.79 Å². The SMILES string of the molecule is CN(CCC(=O)Nc1cccc(Cl)c1)C(CN)C1CC1.Cl. The molecule has 0 aromatic heterocycles. The van der Waals surface area contributed by atoms with E-state index in [1.54, 1.807) is 12.1 Å². The second-order valence-electron chi connectivity index (χ2n) is 5.43. The summed E-state index contributed by atoms with van der Waals surface area (Å²) < 4.78 is 0. The largest absolute Gasteiger partial charge is 0.329 e. The molecule has 1 unspecified atom stereocenters. The van der Waals surface area contributed by atoms with Crippen LogP contribution in [0.25, 0.3) is 0 Å². The molecular weight excluding hydrogens is 309 g/mol. The number of nitrogens with one attached hydrogen (secondary N) is 1. The predicted molar refractivity (Wildman–Crippen MR) is 90.1 cm³/mol. The van der Waals surface area contributed by atoms with Crippen molar-refractivity contribution in [3.63, 3.8) is 0 Å². The second kappa shape index (κ2) is 8.59. The summed E-state index contributed by atoms with van der Waals surface area (Å²) in [6.45, 7) is 1.39. The number of carbonyl (C=O) groups is 1. The van der Waals surface area contributed by atoms with Gasteiger partial charge in [-0.25, -0.2) is 0 Å². The molecule has 0 bridgehead atoms. The molecule has 1 fully saturated rings. The van der Waals surface area contributed by atoms with Crippen LogP contribution in [-0.4, -0.2) is 37.0 Å². The number of hydrogen-bond donors (Lipinski definition) is 2. The highest BCUT2D eigenvalue weighted by Crippen LogP contribution is 2.34. The minimum Gasteiger partial charge on any atom is -0.329 e. The summed E-state index contributed by atoms with van der Waals surface area (Å²) in [5.74, 6) is 0.728. The molecule has 4 nitrogen and oxygen atoms in total. The van der Waals surface area contributed by atoms with Crippen molar-refractivity contribution in [2.45, 2.75) is 25.3 Å². The van der Waals surface area contributed by atoms with Crippen LogP contribution in [0.2, 0.25) is 5.02 Å². The van der Waals surface area contributed by atoms with Crippen molar-refractivity contribution < 1.29 is 4.79 Å². The topological polar surface area (TPSA) is 58.4 Å². The standard InChI is InChI=1S/C15H22ClN3O.ClH/c1-19(14(10-17)11-5-6-11)8-7-15(20)18-13-4-2-3-12(16)9-13;/h2-4,9,11,14H,5-8,10,17H2,1H3,(H,18,20);1H. The fourth-order valence-corrected chi connectivity index (χ4v) is 2.64. The number of anilines is 1. The fraction of sp³-hybridized carbons (Fsp3) is 0.533. The molecule has 2 rings (SSSR count). The second-order valence-corrected chi connectivity index (χ2v) is 5.87. The van der Waals surface area contributed by atoms with Gasteiger partial charge in [0.15, 0.2) is 0 Å². The van der Waals surface area contributed by atoms with Crippen molar-refractivity contribution in [1.29, 1.82) is 0 Å². The Hall–Kier alpha value is -0.810. The first-order valence-electron chi connectivity index (χ1n) is 7.06. The maximum atomic E-state index is 11.9. The van der Waals surface area contributed by atoms with Gasteiger partial charge in [-0.15, -0.1) is 12.4 Å². The first-order valence-corrected chi connectivity index (χ1v) is 7.43. The lowest BCUT2D eigenvalue weighted by molar-refractivity contribution is -0.116. The van der Waals surface area contributed by atoms with Gasteiger partial charge in [-0.2, -0.15) is 0 Å². The molecule has 1 saturated carbocycles. The fourth-order valence-electron chi connectivity index (χ4n) is 2.45. The van der Waals surface area contributed by atoms with E-state index in [1.165, 1.54) is 12.8 Å². The van der Waals surface area contributed by atoms with Gasteiger partial charge in [-0.05, 0) is 44.0 Å². The van der Waals surface area contributed by atoms with Gasteiger partial charge in [0.25, 0.3) is 0 Å². The van der Waals surface area contributed by atoms with Crippen molar-refractivity contribution >= 4 is 35.6 Å². The van der Waals surface area contributed by atoms with Gasteiger partial charge in [0.1, 0.15) is 0 Å². The Morgan fingerprint density at radius 3 is 2.81 bits per heavy atom. The maximum absolute atomic E-state index is 11.9. The van der Waals surface area contributed by atoms with E-state index < -0.39 is 0 Å². The summed E-state index contributed by atoms with van der Waals surface area (Å²) in [4.78, 5) is 14.1. The van der Waals surface area contributed by atoms with E-state index in [0.717, 1.165) is 18.2 Å². The summed E-state index contributed by atoms with van der Waals surface area (Å²) in [7, 11) is 2.04. The number of hydrogen-bond acceptors (Lipinski definition) is 3. The highest BCUT2D eigenvalue weighted by Gasteiger charge is 2.32. The molecule has 1 atom stereocenters. The predicted octanol–water partition coefficient (Wildman–Crippen LogP) is 2.76. The van der Waals surface area contributed by atoms with Crippen LogP contribution in [0.3, 0.4) is 0 Å². The van der Waals surface area contributed by atoms with E-state index in [1.807, 2.05) is 19.2 Å². The summed E-state index contributed by atoms with van der Waals surface area (Å²) >= 11 is 5.88. The van der Waals surface area contributed by atoms with Gasteiger partial charge in [0, 0.05) is 36.3 Å². The molecule has 6 heteroatoms. The van der Waals surface area contributed by atoms with Crippen molar-refractivity contribution in [3.05, 3.63) is 29.3 Å². The van der Waals surface area contributed by atoms with Crippen LogP contribution in [0.1, 0.15) is 19.3 Å². The molecule has 0 saturated heterocycles. The molecule has 3 N–H and O–H groups in total. The smallest absolute Gasteiger partial charge is 0.225 e. The van der Waals surface area contributed by atoms with Crippen molar-refractivity contribution in [2.24, 2.45) is 11.7 Å². The summed E-state index contributed by atoms with van der Waals surface area (Å²) in [6.07, 6.45) is 2.99. The lowest BCUT2D eigenvalue weighted by Crippen LogP contribution is -2.40. The average Bonchev–Trinajstić information content (AvgIpc) is 3.22. The molecular formula is C15H23Cl2N3O. The molecule has 0 radical (unpaired) electrons. The molecule has 0 spiro atoms. The molecule has 0 heterocycles. The Morgan fingerprint density at radius 1 is 1.52 bits per heavy atom. The van der Waals surface area contributed by atoms with Gasteiger partial charge in [0.05, 0.1) is 0 Å². The van der Waals surface area contributed by atoms with E-state index in [4.69, 9.17) is 17.3 Å². The number of rotatable bonds is 7. The highest BCUT2D eigenvalue weighted by molar-refractivity contribution is 6.30. The van der Waals surface area contributed by atoms with Crippen LogP contribution in [-0.2, 0) is 4.79 Å². The number of nitrogens with two attached hydrogens (primary N) is 1. The zero-order valence-corrected chi connectivity index (χ0v) is 13.8. The first kappa shape index (κ1) is 18.2. The number of nitrogens with zero attached hydrogens (tertiary/aromatic N) is 1. The van der Waals surface area contributed by atoms with Crippen LogP contribution < -0.4 is 11.1 Å². The minimum absolute atomic E-state index is 0. The monoisotopic (exact) mass is 331 g/mol. The number of halogens is 2. The van der Waals surface area contributed by atoms with E-state index in [0.29, 0.717) is 24.0 Å². The lowest BCUT2D eigenvalue weighted by Gasteiger charge is -2.26. The molecule has 21 heavy (non-hydrogen) atoms. The van der Waals surface area contributed by atoms with E-state index in [-0.39, 0.29) is 18.3 Å². The van der Waals surface area contributed by atoms with E-state index >= 15 is 0 Å². The molecule has 1 aromatic carbocycles. The van der Waals surface area contributed by atoms with Gasteiger partial charge in [-0.1, -0.05) is 17.7 Å². The summed E-state index contributed by atoms with van der Waals surface area (Å²) in [5.41, 5.74) is 6.54. The number of carbonyl (C=O) groups excluding carboxylic acids is 1. The van der Waals surface area contributed by atoms with Crippen LogP contribution in [0.5, 0.6) is 0 Å². The lowest BCUT2D eigenvalue weighted by atomic mass is 10.1. The van der Waals surface area contributed by atoms with Gasteiger partial charge in [0.2, 0.25) is 5.91 Å². The molecule has 1 aromatic rings. The van der Waals surface area contributed by atoms with Gasteiger partial charge in [-0.3, -0.25) is 4.79 Å². The zero-order valence-electron chi connectivity index (χ0n) is 12.2. The molecule has 1 aliphatic carbocycles. The van der Waals surface area contributed by atoms with Crippen LogP contribution >= 0.6 is 24.0 Å². The Bertz CT molecular complexity index is 466. The van der Waals surface area contributed by atoms with Crippen LogP contribution in [0.15, 0.2) is 24.3 Å². The Kier molecular flexibility index (Phi) is 7.46. The number of amides is 1. The van der Waals surface area contributed by atoms with Crippen LogP contribution in [0.4, 0.5) is 5.69 Å². The maximum Gasteiger partial charge on any atom is 0.225 e. The van der Waals surface area contributed by atoms with E-state index in [2.05, 4.69) is 10.2 Å².